The number of benzene rings is 1. The molecular formula is C20H30N2O3. The molecule has 1 amide bonds. The van der Waals surface area contributed by atoms with E-state index in [4.69, 9.17) is 9.47 Å². The number of nitrogens with zero attached hydrogens (tertiary/aromatic N) is 1. The average Bonchev–Trinajstić information content (AvgIpc) is 3.07. The highest BCUT2D eigenvalue weighted by Crippen LogP contribution is 2.35. The molecule has 2 atom stereocenters. The maximum atomic E-state index is 12.7. The van der Waals surface area contributed by atoms with Gasteiger partial charge in [0.25, 0.3) is 0 Å². The third kappa shape index (κ3) is 3.92. The smallest absolute Gasteiger partial charge is 0.236 e. The van der Waals surface area contributed by atoms with E-state index < -0.39 is 0 Å². The Bertz CT molecular complexity index is 629. The lowest BCUT2D eigenvalue weighted by molar-refractivity contribution is -0.133. The Balaban J connectivity index is 1.60. The lowest BCUT2D eigenvalue weighted by Gasteiger charge is -2.37. The predicted octanol–water partition coefficient (Wildman–Crippen LogP) is 3.28. The minimum atomic E-state index is -0.324. The fraction of sp³-hybridized carbons (Fsp3) is 0.650. The minimum absolute atomic E-state index is 0.160. The van der Waals surface area contributed by atoms with Gasteiger partial charge in [0, 0.05) is 18.6 Å². The van der Waals surface area contributed by atoms with Crippen LogP contribution >= 0.6 is 0 Å². The summed E-state index contributed by atoms with van der Waals surface area (Å²) in [4.78, 5) is 14.6. The van der Waals surface area contributed by atoms with Crippen LogP contribution in [0.15, 0.2) is 18.2 Å². The summed E-state index contributed by atoms with van der Waals surface area (Å²) in [6.07, 6.45) is 4.85. The largest absolute Gasteiger partial charge is 0.454 e. The van der Waals surface area contributed by atoms with Crippen molar-refractivity contribution in [2.24, 2.45) is 5.92 Å². The number of amides is 1. The maximum Gasteiger partial charge on any atom is 0.236 e. The van der Waals surface area contributed by atoms with Crippen LogP contribution in [-0.2, 0) is 10.3 Å². The van der Waals surface area contributed by atoms with Crippen molar-refractivity contribution in [3.8, 4) is 11.5 Å². The summed E-state index contributed by atoms with van der Waals surface area (Å²) in [7, 11) is 1.95. The molecule has 1 heterocycles. The van der Waals surface area contributed by atoms with Gasteiger partial charge in [0.2, 0.25) is 12.7 Å². The first-order chi connectivity index (χ1) is 11.9. The van der Waals surface area contributed by atoms with Gasteiger partial charge in [0.15, 0.2) is 11.5 Å². The highest BCUT2D eigenvalue weighted by atomic mass is 16.7. The van der Waals surface area contributed by atoms with Gasteiger partial charge in [-0.2, -0.15) is 0 Å². The van der Waals surface area contributed by atoms with E-state index in [0.29, 0.717) is 18.5 Å². The molecule has 1 N–H and O–H groups in total. The zero-order valence-electron chi connectivity index (χ0n) is 15.8. The van der Waals surface area contributed by atoms with Crippen molar-refractivity contribution in [1.29, 1.82) is 0 Å². The van der Waals surface area contributed by atoms with Crippen molar-refractivity contribution in [1.82, 2.24) is 10.2 Å². The lowest BCUT2D eigenvalue weighted by Crippen LogP contribution is -2.49. The Labute approximate surface area is 150 Å². The molecule has 1 aliphatic carbocycles. The van der Waals surface area contributed by atoms with Gasteiger partial charge in [0.1, 0.15) is 0 Å². The fourth-order valence-corrected chi connectivity index (χ4v) is 3.87. The monoisotopic (exact) mass is 346 g/mol. The SMILES string of the molecule is CC1CCCCC1N(C)C(=O)CNC(C)(C)c1ccc2c(c1)OCO2. The van der Waals surface area contributed by atoms with Crippen LogP contribution in [0.4, 0.5) is 0 Å². The summed E-state index contributed by atoms with van der Waals surface area (Å²) in [6.45, 7) is 7.04. The van der Waals surface area contributed by atoms with E-state index in [0.717, 1.165) is 23.5 Å². The van der Waals surface area contributed by atoms with Gasteiger partial charge in [-0.1, -0.05) is 25.8 Å². The quantitative estimate of drug-likeness (QED) is 0.889. The highest BCUT2D eigenvalue weighted by Gasteiger charge is 2.29. The second-order valence-electron chi connectivity index (χ2n) is 7.88. The second kappa shape index (κ2) is 7.24. The van der Waals surface area contributed by atoms with Crippen LogP contribution in [0.1, 0.15) is 52.0 Å². The molecule has 1 saturated carbocycles. The summed E-state index contributed by atoms with van der Waals surface area (Å²) in [5.41, 5.74) is 0.758. The number of hydrogen-bond acceptors (Lipinski definition) is 4. The maximum absolute atomic E-state index is 12.7. The second-order valence-corrected chi connectivity index (χ2v) is 7.88. The van der Waals surface area contributed by atoms with Crippen LogP contribution in [0.25, 0.3) is 0 Å². The number of fused-ring (bicyclic) bond motifs is 1. The molecular weight excluding hydrogens is 316 g/mol. The van der Waals surface area contributed by atoms with Crippen LogP contribution in [0, 0.1) is 5.92 Å². The molecule has 2 aliphatic rings. The minimum Gasteiger partial charge on any atom is -0.454 e. The Morgan fingerprint density at radius 3 is 2.72 bits per heavy atom. The Kier molecular flexibility index (Phi) is 5.23. The standard InChI is InChI=1S/C20H30N2O3/c1-14-7-5-6-8-16(14)22(4)19(23)12-21-20(2,3)15-9-10-17-18(11-15)25-13-24-17/h9-11,14,16,21H,5-8,12-13H2,1-4H3. The molecule has 1 aliphatic heterocycles. The third-order valence-corrected chi connectivity index (χ3v) is 5.73. The Hall–Kier alpha value is -1.75. The van der Waals surface area contributed by atoms with Gasteiger partial charge in [-0.3, -0.25) is 10.1 Å². The van der Waals surface area contributed by atoms with Crippen molar-refractivity contribution in [3.05, 3.63) is 23.8 Å². The summed E-state index contributed by atoms with van der Waals surface area (Å²) >= 11 is 0. The zero-order chi connectivity index (χ0) is 18.0. The van der Waals surface area contributed by atoms with E-state index in [-0.39, 0.29) is 18.2 Å². The van der Waals surface area contributed by atoms with Crippen LogP contribution in [0.5, 0.6) is 11.5 Å². The van der Waals surface area contributed by atoms with Crippen molar-refractivity contribution >= 4 is 5.91 Å². The van der Waals surface area contributed by atoms with E-state index in [2.05, 4.69) is 26.1 Å². The molecule has 1 aromatic carbocycles. The van der Waals surface area contributed by atoms with Crippen molar-refractivity contribution in [3.63, 3.8) is 0 Å². The molecule has 1 aromatic rings. The van der Waals surface area contributed by atoms with E-state index in [1.54, 1.807) is 0 Å². The first-order valence-corrected chi connectivity index (χ1v) is 9.29. The molecule has 0 spiro atoms. The van der Waals surface area contributed by atoms with Crippen LogP contribution in [0.3, 0.4) is 0 Å². The van der Waals surface area contributed by atoms with E-state index in [1.165, 1.54) is 19.3 Å². The molecule has 5 heteroatoms. The molecule has 0 radical (unpaired) electrons. The zero-order valence-corrected chi connectivity index (χ0v) is 15.8. The number of rotatable bonds is 5. The number of carbonyl (C=O) groups excluding carboxylic acids is 1. The number of nitrogens with one attached hydrogen (secondary N) is 1. The predicted molar refractivity (Wildman–Crippen MR) is 97.8 cm³/mol. The van der Waals surface area contributed by atoms with Gasteiger partial charge >= 0.3 is 0 Å². The molecule has 0 saturated heterocycles. The van der Waals surface area contributed by atoms with Crippen molar-refractivity contribution in [2.75, 3.05) is 20.4 Å². The van der Waals surface area contributed by atoms with E-state index in [9.17, 15) is 4.79 Å². The summed E-state index contributed by atoms with van der Waals surface area (Å²) in [6, 6.07) is 6.32. The fourth-order valence-electron chi connectivity index (χ4n) is 3.87. The number of hydrogen-bond donors (Lipinski definition) is 1. The topological polar surface area (TPSA) is 50.8 Å². The Morgan fingerprint density at radius 1 is 1.24 bits per heavy atom. The van der Waals surface area contributed by atoms with E-state index in [1.807, 2.05) is 30.1 Å². The normalized spacial score (nSPS) is 22.7. The van der Waals surface area contributed by atoms with Crippen LogP contribution < -0.4 is 14.8 Å². The summed E-state index contributed by atoms with van der Waals surface area (Å²) in [5.74, 6) is 2.30. The molecule has 2 unspecified atom stereocenters. The number of likely N-dealkylation sites (N-methyl/N-ethyl adjacent to an activating group) is 1. The number of ether oxygens (including phenoxy) is 2. The first kappa shape index (κ1) is 18.1. The van der Waals surface area contributed by atoms with Crippen LogP contribution in [-0.4, -0.2) is 37.2 Å². The van der Waals surface area contributed by atoms with Gasteiger partial charge in [-0.25, -0.2) is 0 Å². The first-order valence-electron chi connectivity index (χ1n) is 9.29. The highest BCUT2D eigenvalue weighted by molar-refractivity contribution is 5.78. The number of carbonyl (C=O) groups is 1. The Morgan fingerprint density at radius 2 is 1.96 bits per heavy atom. The van der Waals surface area contributed by atoms with Crippen LogP contribution in [0.2, 0.25) is 0 Å². The molecule has 1 fully saturated rings. The summed E-state index contributed by atoms with van der Waals surface area (Å²) in [5, 5.41) is 3.41. The molecule has 3 rings (SSSR count). The third-order valence-electron chi connectivity index (χ3n) is 5.73. The molecule has 138 valence electrons. The molecule has 0 bridgehead atoms. The lowest BCUT2D eigenvalue weighted by atomic mass is 9.85. The van der Waals surface area contributed by atoms with Crippen molar-refractivity contribution in [2.45, 2.75) is 58.0 Å². The van der Waals surface area contributed by atoms with Gasteiger partial charge in [-0.15, -0.1) is 0 Å². The van der Waals surface area contributed by atoms with Crippen molar-refractivity contribution < 1.29 is 14.3 Å². The van der Waals surface area contributed by atoms with Gasteiger partial charge in [0.05, 0.1) is 6.54 Å². The molecule has 5 nitrogen and oxygen atoms in total. The average molecular weight is 346 g/mol. The molecule has 0 aromatic heterocycles. The summed E-state index contributed by atoms with van der Waals surface area (Å²) < 4.78 is 10.8. The molecule has 25 heavy (non-hydrogen) atoms. The van der Waals surface area contributed by atoms with Gasteiger partial charge < -0.3 is 14.4 Å². The van der Waals surface area contributed by atoms with E-state index >= 15 is 0 Å². The van der Waals surface area contributed by atoms with Gasteiger partial charge in [-0.05, 0) is 50.3 Å².